The monoisotopic (exact) mass is 360 g/mol. The number of anilines is 1. The van der Waals surface area contributed by atoms with Crippen molar-refractivity contribution in [2.24, 2.45) is 0 Å². The van der Waals surface area contributed by atoms with Gasteiger partial charge in [-0.2, -0.15) is 4.31 Å². The topological polar surface area (TPSA) is 66.5 Å². The predicted molar refractivity (Wildman–Crippen MR) is 100 cm³/mol. The second kappa shape index (κ2) is 7.80. The summed E-state index contributed by atoms with van der Waals surface area (Å²) >= 11 is 0. The molecule has 0 aliphatic carbocycles. The van der Waals surface area contributed by atoms with Gasteiger partial charge in [-0.05, 0) is 50.1 Å². The molecule has 1 amide bonds. The van der Waals surface area contributed by atoms with E-state index in [1.165, 1.54) is 28.9 Å². The molecule has 0 heterocycles. The van der Waals surface area contributed by atoms with E-state index in [0.29, 0.717) is 12.1 Å². The number of hydrogen-bond donors (Lipinski definition) is 1. The summed E-state index contributed by atoms with van der Waals surface area (Å²) in [7, 11) is -2.00. The Morgan fingerprint density at radius 2 is 1.64 bits per heavy atom. The molecule has 0 bridgehead atoms. The van der Waals surface area contributed by atoms with E-state index < -0.39 is 10.0 Å². The van der Waals surface area contributed by atoms with Crippen molar-refractivity contribution < 1.29 is 13.2 Å². The Morgan fingerprint density at radius 3 is 2.16 bits per heavy atom. The summed E-state index contributed by atoms with van der Waals surface area (Å²) in [4.78, 5) is 11.3. The lowest BCUT2D eigenvalue weighted by molar-refractivity contribution is -0.114. The minimum Gasteiger partial charge on any atom is -0.326 e. The molecule has 6 heteroatoms. The Kier molecular flexibility index (Phi) is 5.98. The number of carbonyl (C=O) groups is 1. The maximum atomic E-state index is 12.8. The van der Waals surface area contributed by atoms with E-state index in [4.69, 9.17) is 0 Å². The molecule has 0 saturated heterocycles. The van der Waals surface area contributed by atoms with E-state index >= 15 is 0 Å². The molecule has 0 fully saturated rings. The first-order chi connectivity index (χ1) is 11.7. The Morgan fingerprint density at radius 1 is 1.08 bits per heavy atom. The van der Waals surface area contributed by atoms with Crippen molar-refractivity contribution in [1.82, 2.24) is 4.31 Å². The van der Waals surface area contributed by atoms with Gasteiger partial charge in [-0.25, -0.2) is 8.42 Å². The summed E-state index contributed by atoms with van der Waals surface area (Å²) in [6.07, 6.45) is 0.639. The standard InChI is InChI=1S/C19H24N2O3S/c1-14-5-7-17(8-6-14)13-15(2)21(4)25(23,24)19-11-9-18(10-12-19)20-16(3)22/h5-12,15H,13H2,1-4H3,(H,20,22). The Balaban J connectivity index is 2.14. The lowest BCUT2D eigenvalue weighted by atomic mass is 10.1. The summed E-state index contributed by atoms with van der Waals surface area (Å²) < 4.78 is 27.0. The first-order valence-corrected chi connectivity index (χ1v) is 9.55. The van der Waals surface area contributed by atoms with E-state index in [1.54, 1.807) is 19.2 Å². The lowest BCUT2D eigenvalue weighted by Gasteiger charge is -2.24. The van der Waals surface area contributed by atoms with Crippen LogP contribution in [0.4, 0.5) is 5.69 Å². The predicted octanol–water partition coefficient (Wildman–Crippen LogP) is 3.21. The zero-order valence-electron chi connectivity index (χ0n) is 15.0. The van der Waals surface area contributed by atoms with Gasteiger partial charge in [0, 0.05) is 25.7 Å². The quantitative estimate of drug-likeness (QED) is 0.860. The molecule has 0 aliphatic rings. The number of benzene rings is 2. The minimum absolute atomic E-state index is 0.178. The van der Waals surface area contributed by atoms with Crippen LogP contribution >= 0.6 is 0 Å². The zero-order chi connectivity index (χ0) is 18.6. The molecule has 0 aliphatic heterocycles. The van der Waals surface area contributed by atoms with Gasteiger partial charge in [0.1, 0.15) is 0 Å². The van der Waals surface area contributed by atoms with E-state index in [0.717, 1.165) is 5.56 Å². The highest BCUT2D eigenvalue weighted by Crippen LogP contribution is 2.20. The molecule has 0 spiro atoms. The fourth-order valence-electron chi connectivity index (χ4n) is 2.51. The highest BCUT2D eigenvalue weighted by atomic mass is 32.2. The molecule has 2 aromatic carbocycles. The number of hydrogen-bond acceptors (Lipinski definition) is 3. The molecule has 2 rings (SSSR count). The summed E-state index contributed by atoms with van der Waals surface area (Å²) in [5.41, 5.74) is 2.85. The summed E-state index contributed by atoms with van der Waals surface area (Å²) in [5, 5.41) is 2.63. The van der Waals surface area contributed by atoms with Crippen molar-refractivity contribution in [3.63, 3.8) is 0 Å². The second-order valence-corrected chi connectivity index (χ2v) is 8.26. The minimum atomic E-state index is -3.59. The summed E-state index contributed by atoms with van der Waals surface area (Å²) in [5.74, 6) is -0.195. The Labute approximate surface area is 149 Å². The molecular weight excluding hydrogens is 336 g/mol. The summed E-state index contributed by atoms with van der Waals surface area (Å²) in [6.45, 7) is 5.32. The number of amides is 1. The van der Waals surface area contributed by atoms with Crippen LogP contribution in [0.15, 0.2) is 53.4 Å². The number of likely N-dealkylation sites (N-methyl/N-ethyl adjacent to an activating group) is 1. The average Bonchev–Trinajstić information content (AvgIpc) is 2.56. The normalized spacial score (nSPS) is 12.8. The van der Waals surface area contributed by atoms with E-state index in [2.05, 4.69) is 5.32 Å². The van der Waals surface area contributed by atoms with Crippen LogP contribution in [0.1, 0.15) is 25.0 Å². The molecule has 0 aromatic heterocycles. The van der Waals surface area contributed by atoms with Gasteiger partial charge in [0.05, 0.1) is 4.90 Å². The Hall–Kier alpha value is -2.18. The van der Waals surface area contributed by atoms with Crippen LogP contribution in [0.25, 0.3) is 0 Å². The van der Waals surface area contributed by atoms with Gasteiger partial charge in [-0.3, -0.25) is 4.79 Å². The largest absolute Gasteiger partial charge is 0.326 e. The molecule has 0 saturated carbocycles. The van der Waals surface area contributed by atoms with Gasteiger partial charge in [-0.1, -0.05) is 29.8 Å². The van der Waals surface area contributed by atoms with Crippen molar-refractivity contribution in [2.75, 3.05) is 12.4 Å². The Bertz CT molecular complexity index is 828. The van der Waals surface area contributed by atoms with Crippen LogP contribution < -0.4 is 5.32 Å². The van der Waals surface area contributed by atoms with Crippen molar-refractivity contribution in [2.45, 2.75) is 38.1 Å². The second-order valence-electron chi connectivity index (χ2n) is 6.27. The van der Waals surface area contributed by atoms with Crippen LogP contribution in [0, 0.1) is 6.92 Å². The molecule has 1 N–H and O–H groups in total. The smallest absolute Gasteiger partial charge is 0.243 e. The van der Waals surface area contributed by atoms with Gasteiger partial charge in [0.2, 0.25) is 15.9 Å². The zero-order valence-corrected chi connectivity index (χ0v) is 15.8. The summed E-state index contributed by atoms with van der Waals surface area (Å²) in [6, 6.07) is 14.1. The maximum absolute atomic E-state index is 12.8. The highest BCUT2D eigenvalue weighted by molar-refractivity contribution is 7.89. The van der Waals surface area contributed by atoms with Crippen LogP contribution in [0.3, 0.4) is 0 Å². The maximum Gasteiger partial charge on any atom is 0.243 e. The fraction of sp³-hybridized carbons (Fsp3) is 0.316. The van der Waals surface area contributed by atoms with Gasteiger partial charge >= 0.3 is 0 Å². The molecule has 1 unspecified atom stereocenters. The van der Waals surface area contributed by atoms with E-state index in [-0.39, 0.29) is 16.8 Å². The molecule has 134 valence electrons. The van der Waals surface area contributed by atoms with Crippen LogP contribution in [0.5, 0.6) is 0 Å². The first kappa shape index (κ1) is 19.1. The third-order valence-electron chi connectivity index (χ3n) is 4.12. The fourth-order valence-corrected chi connectivity index (χ4v) is 3.87. The van der Waals surface area contributed by atoms with Crippen LogP contribution in [-0.4, -0.2) is 31.7 Å². The number of carbonyl (C=O) groups excluding carboxylic acids is 1. The molecule has 2 aromatic rings. The number of rotatable bonds is 6. The van der Waals surface area contributed by atoms with E-state index in [9.17, 15) is 13.2 Å². The highest BCUT2D eigenvalue weighted by Gasteiger charge is 2.25. The third-order valence-corrected chi connectivity index (χ3v) is 6.11. The number of sulfonamides is 1. The van der Waals surface area contributed by atoms with Gasteiger partial charge in [-0.15, -0.1) is 0 Å². The molecule has 0 radical (unpaired) electrons. The number of aryl methyl sites for hydroxylation is 1. The average molecular weight is 360 g/mol. The number of nitrogens with one attached hydrogen (secondary N) is 1. The van der Waals surface area contributed by atoms with Crippen molar-refractivity contribution in [1.29, 1.82) is 0 Å². The third kappa shape index (κ3) is 4.90. The molecule has 1 atom stereocenters. The first-order valence-electron chi connectivity index (χ1n) is 8.11. The molecular formula is C19H24N2O3S. The van der Waals surface area contributed by atoms with Gasteiger partial charge in [0.15, 0.2) is 0 Å². The SMILES string of the molecule is CC(=O)Nc1ccc(S(=O)(=O)N(C)C(C)Cc2ccc(C)cc2)cc1. The van der Waals surface area contributed by atoms with E-state index in [1.807, 2.05) is 38.1 Å². The number of nitrogens with zero attached hydrogens (tertiary/aromatic N) is 1. The van der Waals surface area contributed by atoms with Crippen molar-refractivity contribution in [3.8, 4) is 0 Å². The molecule has 5 nitrogen and oxygen atoms in total. The lowest BCUT2D eigenvalue weighted by Crippen LogP contribution is -2.36. The van der Waals surface area contributed by atoms with Gasteiger partial charge < -0.3 is 5.32 Å². The van der Waals surface area contributed by atoms with Gasteiger partial charge in [0.25, 0.3) is 0 Å². The van der Waals surface area contributed by atoms with Crippen molar-refractivity contribution in [3.05, 3.63) is 59.7 Å². The van der Waals surface area contributed by atoms with Crippen LogP contribution in [-0.2, 0) is 21.2 Å². The van der Waals surface area contributed by atoms with Crippen molar-refractivity contribution >= 4 is 21.6 Å². The molecule has 25 heavy (non-hydrogen) atoms. The van der Waals surface area contributed by atoms with Crippen LogP contribution in [0.2, 0.25) is 0 Å².